The molecule has 0 aliphatic rings. The molecule has 20 heavy (non-hydrogen) atoms. The summed E-state index contributed by atoms with van der Waals surface area (Å²) in [5, 5.41) is 13.6. The van der Waals surface area contributed by atoms with Crippen molar-refractivity contribution in [1.29, 1.82) is 0 Å². The summed E-state index contributed by atoms with van der Waals surface area (Å²) in [4.78, 5) is 23.6. The molecule has 1 rings (SSSR count). The smallest absolute Gasteiger partial charge is 0.269 e. The Morgan fingerprint density at radius 2 is 2.25 bits per heavy atom. The molecule has 0 atom stereocenters. The van der Waals surface area contributed by atoms with Crippen molar-refractivity contribution in [3.05, 3.63) is 39.9 Å². The zero-order valence-electron chi connectivity index (χ0n) is 11.7. The highest BCUT2D eigenvalue weighted by atomic mass is 16.6. The number of benzene rings is 1. The van der Waals surface area contributed by atoms with Crippen LogP contribution in [0.15, 0.2) is 24.3 Å². The highest BCUT2D eigenvalue weighted by Crippen LogP contribution is 2.14. The van der Waals surface area contributed by atoms with Crippen LogP contribution in [0.4, 0.5) is 5.69 Å². The number of amides is 1. The molecule has 110 valence electrons. The van der Waals surface area contributed by atoms with E-state index in [1.165, 1.54) is 17.0 Å². The van der Waals surface area contributed by atoms with Crippen molar-refractivity contribution in [1.82, 2.24) is 10.2 Å². The third-order valence-electron chi connectivity index (χ3n) is 2.73. The monoisotopic (exact) mass is 281 g/mol. The van der Waals surface area contributed by atoms with E-state index in [4.69, 9.17) is 4.74 Å². The number of carbonyl (C=O) groups excluding carboxylic acids is 1. The second-order valence-electron chi connectivity index (χ2n) is 4.35. The predicted molar refractivity (Wildman–Crippen MR) is 74.3 cm³/mol. The minimum atomic E-state index is -0.447. The summed E-state index contributed by atoms with van der Waals surface area (Å²) in [6.45, 7) is 1.70. The first-order valence-corrected chi connectivity index (χ1v) is 6.21. The number of nitro groups is 1. The Morgan fingerprint density at radius 3 is 2.90 bits per heavy atom. The lowest BCUT2D eigenvalue weighted by molar-refractivity contribution is -0.384. The number of hydrogen-bond acceptors (Lipinski definition) is 5. The maximum absolute atomic E-state index is 11.8. The highest BCUT2D eigenvalue weighted by molar-refractivity contribution is 5.77. The quantitative estimate of drug-likeness (QED) is 0.432. The first-order valence-electron chi connectivity index (χ1n) is 6.21. The largest absolute Gasteiger partial charge is 0.383 e. The molecule has 0 radical (unpaired) electrons. The van der Waals surface area contributed by atoms with Crippen molar-refractivity contribution in [3.63, 3.8) is 0 Å². The summed E-state index contributed by atoms with van der Waals surface area (Å²) in [5.74, 6) is -0.0763. The van der Waals surface area contributed by atoms with Crippen LogP contribution in [0.3, 0.4) is 0 Å². The number of nitrogens with one attached hydrogen (secondary N) is 1. The molecule has 7 heteroatoms. The number of non-ortho nitro benzene ring substituents is 1. The van der Waals surface area contributed by atoms with E-state index in [0.717, 1.165) is 5.56 Å². The Bertz CT molecular complexity index is 465. The number of ether oxygens (including phenoxy) is 1. The van der Waals surface area contributed by atoms with Gasteiger partial charge in [-0.2, -0.15) is 0 Å². The zero-order valence-corrected chi connectivity index (χ0v) is 11.7. The molecule has 7 nitrogen and oxygen atoms in total. The molecule has 1 aromatic carbocycles. The van der Waals surface area contributed by atoms with Gasteiger partial charge >= 0.3 is 0 Å². The maximum atomic E-state index is 11.8. The standard InChI is InChI=1S/C13H19N3O4/c1-15(13(17)9-14-6-7-20-2)10-11-4-3-5-12(8-11)16(18)19/h3-5,8,14H,6-7,9-10H2,1-2H3. The molecule has 0 unspecified atom stereocenters. The summed E-state index contributed by atoms with van der Waals surface area (Å²) in [6.07, 6.45) is 0. The Kier molecular flexibility index (Phi) is 6.61. The molecule has 1 N–H and O–H groups in total. The molecule has 0 bridgehead atoms. The van der Waals surface area contributed by atoms with Crippen LogP contribution in [-0.2, 0) is 16.1 Å². The van der Waals surface area contributed by atoms with Gasteiger partial charge in [0.1, 0.15) is 0 Å². The lowest BCUT2D eigenvalue weighted by Crippen LogP contribution is -2.36. The van der Waals surface area contributed by atoms with Gasteiger partial charge in [-0.25, -0.2) is 0 Å². The molecule has 0 fully saturated rings. The van der Waals surface area contributed by atoms with E-state index in [1.54, 1.807) is 26.3 Å². The van der Waals surface area contributed by atoms with E-state index in [0.29, 0.717) is 19.7 Å². The van der Waals surface area contributed by atoms with E-state index in [-0.39, 0.29) is 18.1 Å². The molecule has 0 aromatic heterocycles. The number of rotatable bonds is 8. The number of carbonyl (C=O) groups is 1. The number of nitrogens with zero attached hydrogens (tertiary/aromatic N) is 2. The lowest BCUT2D eigenvalue weighted by atomic mass is 10.2. The van der Waals surface area contributed by atoms with Gasteiger partial charge in [-0.3, -0.25) is 14.9 Å². The predicted octanol–water partition coefficient (Wildman–Crippen LogP) is 0.789. The van der Waals surface area contributed by atoms with Crippen LogP contribution in [0.1, 0.15) is 5.56 Å². The molecule has 0 saturated heterocycles. The summed E-state index contributed by atoms with van der Waals surface area (Å²) >= 11 is 0. The SMILES string of the molecule is COCCNCC(=O)N(C)Cc1cccc([N+](=O)[O-])c1. The van der Waals surface area contributed by atoms with Crippen molar-refractivity contribution < 1.29 is 14.5 Å². The Hall–Kier alpha value is -1.99. The van der Waals surface area contributed by atoms with Crippen molar-refractivity contribution >= 4 is 11.6 Å². The summed E-state index contributed by atoms with van der Waals surface area (Å²) in [7, 11) is 3.26. The van der Waals surface area contributed by atoms with Gasteiger partial charge in [0.05, 0.1) is 18.1 Å². The average molecular weight is 281 g/mol. The van der Waals surface area contributed by atoms with Gasteiger partial charge < -0.3 is 15.0 Å². The van der Waals surface area contributed by atoms with Gasteiger partial charge in [-0.05, 0) is 5.56 Å². The van der Waals surface area contributed by atoms with Crippen LogP contribution in [0, 0.1) is 10.1 Å². The Morgan fingerprint density at radius 1 is 1.50 bits per heavy atom. The zero-order chi connectivity index (χ0) is 15.0. The van der Waals surface area contributed by atoms with Crippen molar-refractivity contribution in [2.24, 2.45) is 0 Å². The Labute approximate surface area is 117 Å². The van der Waals surface area contributed by atoms with Gasteiger partial charge in [0, 0.05) is 39.4 Å². The van der Waals surface area contributed by atoms with Gasteiger partial charge in [-0.1, -0.05) is 12.1 Å². The van der Waals surface area contributed by atoms with Crippen LogP contribution in [-0.4, -0.2) is 49.6 Å². The number of nitro benzene ring substituents is 1. The van der Waals surface area contributed by atoms with E-state index < -0.39 is 4.92 Å². The number of likely N-dealkylation sites (N-methyl/N-ethyl adjacent to an activating group) is 1. The normalized spacial score (nSPS) is 10.3. The third kappa shape index (κ3) is 5.33. The molecule has 0 aliphatic heterocycles. The van der Waals surface area contributed by atoms with Crippen LogP contribution in [0.2, 0.25) is 0 Å². The molecular formula is C13H19N3O4. The first-order chi connectivity index (χ1) is 9.54. The Balaban J connectivity index is 2.48. The van der Waals surface area contributed by atoms with E-state index in [9.17, 15) is 14.9 Å². The third-order valence-corrected chi connectivity index (χ3v) is 2.73. The molecule has 0 saturated carbocycles. The fourth-order valence-electron chi connectivity index (χ4n) is 1.63. The molecule has 1 aromatic rings. The van der Waals surface area contributed by atoms with Crippen molar-refractivity contribution in [2.45, 2.75) is 6.54 Å². The lowest BCUT2D eigenvalue weighted by Gasteiger charge is -2.17. The number of hydrogen-bond donors (Lipinski definition) is 1. The van der Waals surface area contributed by atoms with Gasteiger partial charge in [0.25, 0.3) is 5.69 Å². The maximum Gasteiger partial charge on any atom is 0.269 e. The van der Waals surface area contributed by atoms with Crippen LogP contribution in [0.25, 0.3) is 0 Å². The first kappa shape index (κ1) is 16.1. The van der Waals surface area contributed by atoms with E-state index in [1.807, 2.05) is 0 Å². The molecule has 1 amide bonds. The summed E-state index contributed by atoms with van der Waals surface area (Å²) in [5.41, 5.74) is 0.758. The minimum Gasteiger partial charge on any atom is -0.383 e. The fraction of sp³-hybridized carbons (Fsp3) is 0.462. The van der Waals surface area contributed by atoms with E-state index in [2.05, 4.69) is 5.32 Å². The average Bonchev–Trinajstić information content (AvgIpc) is 2.43. The van der Waals surface area contributed by atoms with E-state index >= 15 is 0 Å². The molecular weight excluding hydrogens is 262 g/mol. The summed E-state index contributed by atoms with van der Waals surface area (Å²) < 4.78 is 4.86. The topological polar surface area (TPSA) is 84.7 Å². The van der Waals surface area contributed by atoms with Gasteiger partial charge in [-0.15, -0.1) is 0 Å². The van der Waals surface area contributed by atoms with Crippen LogP contribution in [0.5, 0.6) is 0 Å². The molecule has 0 heterocycles. The highest BCUT2D eigenvalue weighted by Gasteiger charge is 2.11. The van der Waals surface area contributed by atoms with Crippen LogP contribution < -0.4 is 5.32 Å². The van der Waals surface area contributed by atoms with Crippen LogP contribution >= 0.6 is 0 Å². The van der Waals surface area contributed by atoms with Gasteiger partial charge in [0.2, 0.25) is 5.91 Å². The fourth-order valence-corrected chi connectivity index (χ4v) is 1.63. The number of methoxy groups -OCH3 is 1. The second-order valence-corrected chi connectivity index (χ2v) is 4.35. The molecule has 0 spiro atoms. The van der Waals surface area contributed by atoms with Gasteiger partial charge in [0.15, 0.2) is 0 Å². The molecule has 0 aliphatic carbocycles. The second kappa shape index (κ2) is 8.23. The van der Waals surface area contributed by atoms with Crippen molar-refractivity contribution in [2.75, 3.05) is 33.9 Å². The van der Waals surface area contributed by atoms with Crippen molar-refractivity contribution in [3.8, 4) is 0 Å². The minimum absolute atomic E-state index is 0.0292. The summed E-state index contributed by atoms with van der Waals surface area (Å²) in [6, 6.07) is 6.28.